The second-order valence-corrected chi connectivity index (χ2v) is 7.87. The molecular formula is C22H18ClN3O3S. The highest BCUT2D eigenvalue weighted by Crippen LogP contribution is 2.31. The summed E-state index contributed by atoms with van der Waals surface area (Å²) in [6, 6.07) is 16.3. The molecule has 8 heteroatoms. The van der Waals surface area contributed by atoms with Crippen LogP contribution in [0.2, 0.25) is 5.02 Å². The molecule has 2 heterocycles. The van der Waals surface area contributed by atoms with Gasteiger partial charge in [-0.15, -0.1) is 10.2 Å². The standard InChI is InChI=1S/C22H18ClN3O3S/c1-14-8-9-16(23)12-18(14)26-21(20-7-4-10-29-20)24-25-22(26)30-13-19(27)15-5-3-6-17(11-15)28-2/h3-12H,13H2,1-2H3. The van der Waals surface area contributed by atoms with Gasteiger partial charge in [0.15, 0.2) is 16.7 Å². The summed E-state index contributed by atoms with van der Waals surface area (Å²) >= 11 is 7.55. The van der Waals surface area contributed by atoms with Crippen LogP contribution in [0.25, 0.3) is 17.3 Å². The lowest BCUT2D eigenvalue weighted by Gasteiger charge is -2.12. The molecule has 0 aliphatic carbocycles. The molecule has 0 atom stereocenters. The summed E-state index contributed by atoms with van der Waals surface area (Å²) in [5.74, 6) is 1.93. The summed E-state index contributed by atoms with van der Waals surface area (Å²) in [6.07, 6.45) is 1.58. The molecule has 0 fully saturated rings. The Morgan fingerprint density at radius 3 is 2.80 bits per heavy atom. The maximum absolute atomic E-state index is 12.7. The van der Waals surface area contributed by atoms with Crippen LogP contribution in [-0.4, -0.2) is 33.4 Å². The molecule has 0 bridgehead atoms. The lowest BCUT2D eigenvalue weighted by Crippen LogP contribution is -2.06. The number of rotatable bonds is 7. The van der Waals surface area contributed by atoms with Crippen LogP contribution in [0.4, 0.5) is 0 Å². The van der Waals surface area contributed by atoms with Crippen LogP contribution in [0.15, 0.2) is 70.4 Å². The third kappa shape index (κ3) is 4.13. The molecule has 30 heavy (non-hydrogen) atoms. The summed E-state index contributed by atoms with van der Waals surface area (Å²) in [5.41, 5.74) is 2.40. The first-order valence-corrected chi connectivity index (χ1v) is 10.5. The van der Waals surface area contributed by atoms with Crippen molar-refractivity contribution in [3.05, 3.63) is 77.0 Å². The number of ketones is 1. The molecule has 0 saturated heterocycles. The zero-order valence-electron chi connectivity index (χ0n) is 16.3. The second kappa shape index (κ2) is 8.77. The first-order valence-electron chi connectivity index (χ1n) is 9.12. The van der Waals surface area contributed by atoms with Gasteiger partial charge in [-0.05, 0) is 48.9 Å². The van der Waals surface area contributed by atoms with E-state index in [1.165, 1.54) is 11.8 Å². The number of aromatic nitrogens is 3. The summed E-state index contributed by atoms with van der Waals surface area (Å²) < 4.78 is 12.6. The topological polar surface area (TPSA) is 70.2 Å². The largest absolute Gasteiger partial charge is 0.497 e. The number of hydrogen-bond acceptors (Lipinski definition) is 6. The fraction of sp³-hybridized carbons (Fsp3) is 0.136. The summed E-state index contributed by atoms with van der Waals surface area (Å²) in [7, 11) is 1.57. The maximum Gasteiger partial charge on any atom is 0.205 e. The van der Waals surface area contributed by atoms with E-state index in [1.807, 2.05) is 35.8 Å². The third-order valence-corrected chi connectivity index (χ3v) is 5.68. The van der Waals surface area contributed by atoms with Crippen molar-refractivity contribution in [2.75, 3.05) is 12.9 Å². The SMILES string of the molecule is COc1cccc(C(=O)CSc2nnc(-c3ccco3)n2-c2cc(Cl)ccc2C)c1. The fourth-order valence-corrected chi connectivity index (χ4v) is 3.99. The van der Waals surface area contributed by atoms with Crippen LogP contribution in [0.1, 0.15) is 15.9 Å². The van der Waals surface area contributed by atoms with Gasteiger partial charge in [0.25, 0.3) is 0 Å². The fourth-order valence-electron chi connectivity index (χ4n) is 2.98. The van der Waals surface area contributed by atoms with Gasteiger partial charge in [-0.2, -0.15) is 0 Å². The van der Waals surface area contributed by atoms with Gasteiger partial charge in [-0.1, -0.05) is 41.6 Å². The van der Waals surface area contributed by atoms with Crippen molar-refractivity contribution in [3.63, 3.8) is 0 Å². The predicted molar refractivity (Wildman–Crippen MR) is 117 cm³/mol. The minimum atomic E-state index is -0.0317. The average Bonchev–Trinajstić information content (AvgIpc) is 3.43. The number of thioether (sulfide) groups is 1. The van der Waals surface area contributed by atoms with Crippen molar-refractivity contribution in [2.45, 2.75) is 12.1 Å². The van der Waals surface area contributed by atoms with E-state index in [0.29, 0.717) is 33.1 Å². The van der Waals surface area contributed by atoms with Crippen LogP contribution in [0, 0.1) is 6.92 Å². The summed E-state index contributed by atoms with van der Waals surface area (Å²) in [5, 5.41) is 9.79. The number of nitrogens with zero attached hydrogens (tertiary/aromatic N) is 3. The van der Waals surface area contributed by atoms with E-state index in [9.17, 15) is 4.79 Å². The monoisotopic (exact) mass is 439 g/mol. The second-order valence-electron chi connectivity index (χ2n) is 6.49. The van der Waals surface area contributed by atoms with Gasteiger partial charge in [0.1, 0.15) is 5.75 Å². The normalized spacial score (nSPS) is 10.9. The molecule has 4 aromatic rings. The lowest BCUT2D eigenvalue weighted by atomic mass is 10.1. The number of methoxy groups -OCH3 is 1. The van der Waals surface area contributed by atoms with Gasteiger partial charge in [0.05, 0.1) is 24.8 Å². The number of carbonyl (C=O) groups is 1. The van der Waals surface area contributed by atoms with Crippen LogP contribution in [0.3, 0.4) is 0 Å². The highest BCUT2D eigenvalue weighted by atomic mass is 35.5. The van der Waals surface area contributed by atoms with Crippen molar-refractivity contribution in [3.8, 4) is 23.0 Å². The molecule has 0 unspecified atom stereocenters. The quantitative estimate of drug-likeness (QED) is 0.281. The zero-order valence-corrected chi connectivity index (χ0v) is 17.9. The minimum Gasteiger partial charge on any atom is -0.497 e. The van der Waals surface area contributed by atoms with Crippen LogP contribution in [0.5, 0.6) is 5.75 Å². The van der Waals surface area contributed by atoms with E-state index >= 15 is 0 Å². The number of carbonyl (C=O) groups excluding carboxylic acids is 1. The number of halogens is 1. The molecule has 0 aliphatic rings. The lowest BCUT2D eigenvalue weighted by molar-refractivity contribution is 0.102. The van der Waals surface area contributed by atoms with Crippen molar-refractivity contribution in [2.24, 2.45) is 0 Å². The first kappa shape index (κ1) is 20.3. The van der Waals surface area contributed by atoms with Gasteiger partial charge >= 0.3 is 0 Å². The van der Waals surface area contributed by atoms with E-state index in [1.54, 1.807) is 43.7 Å². The smallest absolute Gasteiger partial charge is 0.205 e. The molecule has 0 amide bonds. The van der Waals surface area contributed by atoms with Crippen molar-refractivity contribution in [1.82, 2.24) is 14.8 Å². The van der Waals surface area contributed by atoms with E-state index in [0.717, 1.165) is 11.3 Å². The molecule has 2 aromatic carbocycles. The molecule has 0 N–H and O–H groups in total. The molecule has 0 aliphatic heterocycles. The summed E-state index contributed by atoms with van der Waals surface area (Å²) in [4.78, 5) is 12.7. The highest BCUT2D eigenvalue weighted by molar-refractivity contribution is 7.99. The number of benzene rings is 2. The Bertz CT molecular complexity index is 1190. The molecule has 152 valence electrons. The molecule has 6 nitrogen and oxygen atoms in total. The number of ether oxygens (including phenoxy) is 1. The third-order valence-electron chi connectivity index (χ3n) is 4.51. The van der Waals surface area contributed by atoms with Crippen LogP contribution < -0.4 is 4.74 Å². The average molecular weight is 440 g/mol. The van der Waals surface area contributed by atoms with Gasteiger partial charge in [0.2, 0.25) is 5.82 Å². The molecule has 0 radical (unpaired) electrons. The number of Topliss-reactive ketones (excluding diaryl/α,β-unsaturated/α-hetero) is 1. The molecule has 0 saturated carbocycles. The van der Waals surface area contributed by atoms with Crippen molar-refractivity contribution >= 4 is 29.1 Å². The minimum absolute atomic E-state index is 0.0317. The van der Waals surface area contributed by atoms with E-state index < -0.39 is 0 Å². The molecular weight excluding hydrogens is 422 g/mol. The van der Waals surface area contributed by atoms with Crippen molar-refractivity contribution < 1.29 is 13.9 Å². The number of furan rings is 1. The predicted octanol–water partition coefficient (Wildman–Crippen LogP) is 5.47. The Balaban J connectivity index is 1.68. The highest BCUT2D eigenvalue weighted by Gasteiger charge is 2.20. The molecule has 4 rings (SSSR count). The van der Waals surface area contributed by atoms with Gasteiger partial charge < -0.3 is 9.15 Å². The van der Waals surface area contributed by atoms with E-state index in [2.05, 4.69) is 10.2 Å². The van der Waals surface area contributed by atoms with Gasteiger partial charge in [-0.3, -0.25) is 9.36 Å². The van der Waals surface area contributed by atoms with Crippen LogP contribution >= 0.6 is 23.4 Å². The Labute approximate surface area is 182 Å². The van der Waals surface area contributed by atoms with E-state index in [-0.39, 0.29) is 11.5 Å². The number of aryl methyl sites for hydroxylation is 1. The Morgan fingerprint density at radius 1 is 1.17 bits per heavy atom. The zero-order chi connectivity index (χ0) is 21.1. The van der Waals surface area contributed by atoms with Crippen LogP contribution in [-0.2, 0) is 0 Å². The number of hydrogen-bond donors (Lipinski definition) is 0. The molecule has 0 spiro atoms. The van der Waals surface area contributed by atoms with Crippen molar-refractivity contribution in [1.29, 1.82) is 0 Å². The van der Waals surface area contributed by atoms with Gasteiger partial charge in [0, 0.05) is 10.6 Å². The Morgan fingerprint density at radius 2 is 2.03 bits per heavy atom. The Kier molecular flexibility index (Phi) is 5.92. The summed E-state index contributed by atoms with van der Waals surface area (Å²) in [6.45, 7) is 1.98. The van der Waals surface area contributed by atoms with Gasteiger partial charge in [-0.25, -0.2) is 0 Å². The molecule has 2 aromatic heterocycles. The first-order chi connectivity index (χ1) is 14.6. The Hall–Kier alpha value is -3.03. The maximum atomic E-state index is 12.7. The van der Waals surface area contributed by atoms with E-state index in [4.69, 9.17) is 20.8 Å².